The van der Waals surface area contributed by atoms with Gasteiger partial charge in [-0.15, -0.1) is 0 Å². The van der Waals surface area contributed by atoms with E-state index in [1.807, 2.05) is 41.8 Å². The molecule has 302 valence electrons. The Morgan fingerprint density at radius 2 is 0.941 bits per heavy atom. The molecule has 0 unspecified atom stereocenters. The Hall–Kier alpha value is -1.83. The third-order valence-electron chi connectivity index (χ3n) is 10.2. The van der Waals surface area contributed by atoms with Gasteiger partial charge in [-0.25, -0.2) is 4.79 Å². The van der Waals surface area contributed by atoms with Crippen molar-refractivity contribution in [2.24, 2.45) is 10.8 Å². The van der Waals surface area contributed by atoms with Crippen molar-refractivity contribution >= 4 is 18.0 Å². The predicted octanol–water partition coefficient (Wildman–Crippen LogP) is 11.1. The Labute approximate surface area is 316 Å². The molecular weight excluding hydrogens is 638 g/mol. The number of amides is 2. The third kappa shape index (κ3) is 29.3. The SMILES string of the molecule is CCCCCCCCCOC(=O)C(C)(C)CCCCCC(CCCCCC(C)(C)C(=O)OCCCCCCCCC)NC(=O)NCCCN(C)C. The van der Waals surface area contributed by atoms with Gasteiger partial charge < -0.3 is 25.0 Å². The highest BCUT2D eigenvalue weighted by atomic mass is 16.5. The van der Waals surface area contributed by atoms with Crippen LogP contribution >= 0.6 is 0 Å². The monoisotopic (exact) mass is 724 g/mol. The van der Waals surface area contributed by atoms with Crippen LogP contribution in [-0.2, 0) is 19.1 Å². The third-order valence-corrected chi connectivity index (χ3v) is 10.2. The summed E-state index contributed by atoms with van der Waals surface area (Å²) >= 11 is 0. The van der Waals surface area contributed by atoms with Gasteiger partial charge in [-0.05, 0) is 93.3 Å². The number of urea groups is 1. The van der Waals surface area contributed by atoms with E-state index in [9.17, 15) is 14.4 Å². The minimum absolute atomic E-state index is 0.0800. The van der Waals surface area contributed by atoms with E-state index < -0.39 is 10.8 Å². The maximum Gasteiger partial charge on any atom is 0.315 e. The van der Waals surface area contributed by atoms with Crippen molar-refractivity contribution in [1.82, 2.24) is 15.5 Å². The summed E-state index contributed by atoms with van der Waals surface area (Å²) in [5.41, 5.74) is -0.946. The molecule has 0 heterocycles. The molecule has 0 atom stereocenters. The van der Waals surface area contributed by atoms with Gasteiger partial charge in [0.2, 0.25) is 0 Å². The van der Waals surface area contributed by atoms with E-state index in [1.54, 1.807) is 0 Å². The highest BCUT2D eigenvalue weighted by molar-refractivity contribution is 5.76. The normalized spacial score (nSPS) is 12.0. The first-order chi connectivity index (χ1) is 24.4. The fraction of sp³-hybridized carbons (Fsp3) is 0.930. The number of ether oxygens (including phenoxy) is 2. The molecule has 8 nitrogen and oxygen atoms in total. The van der Waals surface area contributed by atoms with Crippen molar-refractivity contribution in [2.75, 3.05) is 40.4 Å². The minimum Gasteiger partial charge on any atom is -0.465 e. The molecule has 0 aliphatic carbocycles. The van der Waals surface area contributed by atoms with Gasteiger partial charge >= 0.3 is 18.0 Å². The van der Waals surface area contributed by atoms with Crippen LogP contribution in [0.1, 0.15) is 202 Å². The molecule has 0 aliphatic rings. The molecule has 51 heavy (non-hydrogen) atoms. The molecule has 0 radical (unpaired) electrons. The van der Waals surface area contributed by atoms with Crippen molar-refractivity contribution in [3.05, 3.63) is 0 Å². The van der Waals surface area contributed by atoms with E-state index in [-0.39, 0.29) is 24.0 Å². The van der Waals surface area contributed by atoms with Gasteiger partial charge in [0.15, 0.2) is 0 Å². The lowest BCUT2D eigenvalue weighted by Gasteiger charge is -2.23. The van der Waals surface area contributed by atoms with Crippen LogP contribution < -0.4 is 10.6 Å². The largest absolute Gasteiger partial charge is 0.465 e. The summed E-state index contributed by atoms with van der Waals surface area (Å²) in [5.74, 6) is -0.160. The number of rotatable bonds is 35. The molecule has 0 saturated carbocycles. The van der Waals surface area contributed by atoms with Crippen LogP contribution in [-0.4, -0.2) is 69.3 Å². The Morgan fingerprint density at radius 3 is 1.35 bits per heavy atom. The van der Waals surface area contributed by atoms with E-state index in [1.165, 1.54) is 64.2 Å². The number of nitrogens with one attached hydrogen (secondary N) is 2. The fourth-order valence-corrected chi connectivity index (χ4v) is 6.43. The van der Waals surface area contributed by atoms with Gasteiger partial charge in [0, 0.05) is 12.6 Å². The van der Waals surface area contributed by atoms with Gasteiger partial charge in [0.05, 0.1) is 24.0 Å². The van der Waals surface area contributed by atoms with Crippen LogP contribution in [0.5, 0.6) is 0 Å². The lowest BCUT2D eigenvalue weighted by atomic mass is 9.86. The van der Waals surface area contributed by atoms with Crippen LogP contribution in [0.4, 0.5) is 4.79 Å². The van der Waals surface area contributed by atoms with Crippen LogP contribution in [0.3, 0.4) is 0 Å². The van der Waals surface area contributed by atoms with Crippen molar-refractivity contribution in [3.8, 4) is 0 Å². The number of carbonyl (C=O) groups is 3. The number of nitrogens with zero attached hydrogens (tertiary/aromatic N) is 1. The average molecular weight is 724 g/mol. The van der Waals surface area contributed by atoms with E-state index in [0.29, 0.717) is 19.8 Å². The molecular formula is C43H85N3O5. The second-order valence-corrected chi connectivity index (χ2v) is 16.7. The van der Waals surface area contributed by atoms with Crippen molar-refractivity contribution in [3.63, 3.8) is 0 Å². The second kappa shape index (κ2) is 31.7. The Bertz CT molecular complexity index is 807. The van der Waals surface area contributed by atoms with E-state index in [0.717, 1.165) is 103 Å². The zero-order valence-electron chi connectivity index (χ0n) is 35.1. The standard InChI is InChI=1S/C43H85N3O5/c1-9-11-13-15-17-19-27-36-50-39(47)42(3,4)32-25-21-23-30-38(45-41(49)44-34-29-35-46(7)8)31-24-22-26-33-43(5,6)40(48)51-37-28-20-18-16-14-12-10-2/h38H,9-37H2,1-8H3,(H2,44,45,49). The molecule has 0 spiro atoms. The van der Waals surface area contributed by atoms with Crippen LogP contribution in [0.15, 0.2) is 0 Å². The van der Waals surface area contributed by atoms with Gasteiger partial charge in [-0.2, -0.15) is 0 Å². The topological polar surface area (TPSA) is 97.0 Å². The first-order valence-corrected chi connectivity index (χ1v) is 21.4. The minimum atomic E-state index is -0.473. The Morgan fingerprint density at radius 1 is 0.549 bits per heavy atom. The summed E-state index contributed by atoms with van der Waals surface area (Å²) in [7, 11) is 4.08. The molecule has 2 N–H and O–H groups in total. The van der Waals surface area contributed by atoms with Crippen molar-refractivity contribution in [1.29, 1.82) is 0 Å². The summed E-state index contributed by atoms with van der Waals surface area (Å²) in [6, 6.07) is 0.0205. The van der Waals surface area contributed by atoms with Gasteiger partial charge in [0.25, 0.3) is 0 Å². The number of hydrogen-bond donors (Lipinski definition) is 2. The predicted molar refractivity (Wildman–Crippen MR) is 215 cm³/mol. The van der Waals surface area contributed by atoms with Gasteiger partial charge in [-0.1, -0.05) is 129 Å². The molecule has 0 fully saturated rings. The Balaban J connectivity index is 4.55. The second-order valence-electron chi connectivity index (χ2n) is 16.7. The molecule has 0 saturated heterocycles. The average Bonchev–Trinajstić information content (AvgIpc) is 3.08. The summed E-state index contributed by atoms with van der Waals surface area (Å²) in [6.07, 6.45) is 27.3. The van der Waals surface area contributed by atoms with Crippen LogP contribution in [0.2, 0.25) is 0 Å². The zero-order valence-corrected chi connectivity index (χ0v) is 35.1. The number of unbranched alkanes of at least 4 members (excludes halogenated alkanes) is 16. The maximum absolute atomic E-state index is 12.8. The molecule has 0 rings (SSSR count). The number of hydrogen-bond acceptors (Lipinski definition) is 6. The highest BCUT2D eigenvalue weighted by Gasteiger charge is 2.29. The van der Waals surface area contributed by atoms with Crippen molar-refractivity contribution < 1.29 is 23.9 Å². The van der Waals surface area contributed by atoms with E-state index >= 15 is 0 Å². The molecule has 0 aliphatic heterocycles. The molecule has 8 heteroatoms. The lowest BCUT2D eigenvalue weighted by molar-refractivity contribution is -0.155. The van der Waals surface area contributed by atoms with E-state index in [2.05, 4.69) is 29.4 Å². The summed E-state index contributed by atoms with van der Waals surface area (Å²) in [5, 5.41) is 6.27. The maximum atomic E-state index is 12.8. The van der Waals surface area contributed by atoms with Crippen molar-refractivity contribution in [2.45, 2.75) is 208 Å². The molecule has 2 amide bonds. The van der Waals surface area contributed by atoms with Crippen LogP contribution in [0, 0.1) is 10.8 Å². The summed E-state index contributed by atoms with van der Waals surface area (Å²) < 4.78 is 11.3. The summed E-state index contributed by atoms with van der Waals surface area (Å²) in [6.45, 7) is 15.1. The highest BCUT2D eigenvalue weighted by Crippen LogP contribution is 2.28. The number of carbonyl (C=O) groups excluding carboxylic acids is 3. The molecule has 0 bridgehead atoms. The molecule has 0 aromatic rings. The Kier molecular flexibility index (Phi) is 30.5. The number of esters is 2. The smallest absolute Gasteiger partial charge is 0.315 e. The van der Waals surface area contributed by atoms with Gasteiger partial charge in [-0.3, -0.25) is 9.59 Å². The lowest BCUT2D eigenvalue weighted by Crippen LogP contribution is -2.42. The van der Waals surface area contributed by atoms with Gasteiger partial charge in [0.1, 0.15) is 0 Å². The molecule has 0 aromatic carbocycles. The fourth-order valence-electron chi connectivity index (χ4n) is 6.43. The van der Waals surface area contributed by atoms with E-state index in [4.69, 9.17) is 9.47 Å². The zero-order chi connectivity index (χ0) is 38.2. The summed E-state index contributed by atoms with van der Waals surface area (Å²) in [4.78, 5) is 40.3. The van der Waals surface area contributed by atoms with Crippen LogP contribution in [0.25, 0.3) is 0 Å². The first kappa shape index (κ1) is 49.2. The quantitative estimate of drug-likeness (QED) is 0.0499. The first-order valence-electron chi connectivity index (χ1n) is 21.4. The molecule has 0 aromatic heterocycles.